The van der Waals surface area contributed by atoms with Gasteiger partial charge in [0.2, 0.25) is 0 Å². The van der Waals surface area contributed by atoms with Crippen molar-refractivity contribution in [2.24, 2.45) is 50.7 Å². The van der Waals surface area contributed by atoms with E-state index in [4.69, 9.17) is 14.2 Å². The van der Waals surface area contributed by atoms with Crippen LogP contribution < -0.4 is 0 Å². The number of aliphatic hydroxyl groups is 4. The number of aliphatic hydroxyl groups excluding tert-OH is 4. The molecule has 4 N–H and O–H groups in total. The third-order valence-electron chi connectivity index (χ3n) is 15.5. The molecule has 0 aromatic heterocycles. The van der Waals surface area contributed by atoms with Crippen molar-refractivity contribution in [3.8, 4) is 0 Å². The van der Waals surface area contributed by atoms with Gasteiger partial charge < -0.3 is 34.6 Å². The molecule has 0 aromatic rings. The van der Waals surface area contributed by atoms with Crippen LogP contribution in [0, 0.1) is 50.7 Å². The van der Waals surface area contributed by atoms with Crippen LogP contribution in [0.3, 0.4) is 0 Å². The van der Waals surface area contributed by atoms with Gasteiger partial charge in [0.05, 0.1) is 6.61 Å². The fourth-order valence-corrected chi connectivity index (χ4v) is 13.2. The molecule has 6 rings (SSSR count). The van der Waals surface area contributed by atoms with Crippen molar-refractivity contribution in [2.45, 2.75) is 163 Å². The van der Waals surface area contributed by atoms with Gasteiger partial charge in [-0.15, -0.1) is 0 Å². The van der Waals surface area contributed by atoms with E-state index >= 15 is 0 Å². The summed E-state index contributed by atoms with van der Waals surface area (Å²) in [5.74, 6) is 2.10. The number of ether oxygens (including phenoxy) is 3. The van der Waals surface area contributed by atoms with Gasteiger partial charge in [-0.05, 0) is 109 Å². The molecule has 8 nitrogen and oxygen atoms in total. The molecule has 0 aromatic carbocycles. The highest BCUT2D eigenvalue weighted by molar-refractivity contribution is 5.66. The Labute approximate surface area is 276 Å². The van der Waals surface area contributed by atoms with Gasteiger partial charge in [-0.3, -0.25) is 4.79 Å². The molecule has 0 bridgehead atoms. The predicted octanol–water partition coefficient (Wildman–Crippen LogP) is 5.53. The smallest absolute Gasteiger partial charge is 0.302 e. The lowest BCUT2D eigenvalue weighted by molar-refractivity contribution is -0.336. The molecule has 1 saturated heterocycles. The number of allylic oxidation sites excluding steroid dienone is 2. The van der Waals surface area contributed by atoms with E-state index in [1.807, 2.05) is 0 Å². The second kappa shape index (κ2) is 11.5. The van der Waals surface area contributed by atoms with Crippen LogP contribution >= 0.6 is 0 Å². The van der Waals surface area contributed by atoms with Crippen molar-refractivity contribution in [1.29, 1.82) is 0 Å². The van der Waals surface area contributed by atoms with E-state index in [2.05, 4.69) is 55.4 Å². The highest BCUT2D eigenvalue weighted by Crippen LogP contribution is 2.76. The van der Waals surface area contributed by atoms with E-state index in [0.29, 0.717) is 11.8 Å². The summed E-state index contributed by atoms with van der Waals surface area (Å²) in [7, 11) is 0. The molecule has 1 heterocycles. The summed E-state index contributed by atoms with van der Waals surface area (Å²) in [6.07, 6.45) is 2.09. The van der Waals surface area contributed by atoms with Gasteiger partial charge in [0.1, 0.15) is 36.6 Å². The summed E-state index contributed by atoms with van der Waals surface area (Å²) in [5.41, 5.74) is 3.42. The van der Waals surface area contributed by atoms with Crippen LogP contribution in [0.2, 0.25) is 0 Å². The van der Waals surface area contributed by atoms with Crippen LogP contribution in [0.25, 0.3) is 0 Å². The minimum absolute atomic E-state index is 0.148. The predicted molar refractivity (Wildman–Crippen MR) is 174 cm³/mol. The van der Waals surface area contributed by atoms with Crippen LogP contribution in [-0.4, -0.2) is 75.9 Å². The maximum Gasteiger partial charge on any atom is 0.302 e. The third-order valence-corrected chi connectivity index (χ3v) is 15.5. The lowest BCUT2D eigenvalue weighted by atomic mass is 9.37. The summed E-state index contributed by atoms with van der Waals surface area (Å²) in [6.45, 7) is 20.4. The highest BCUT2D eigenvalue weighted by Gasteiger charge is 2.68. The summed E-state index contributed by atoms with van der Waals surface area (Å²) in [4.78, 5) is 12.6. The Balaban J connectivity index is 1.35. The summed E-state index contributed by atoms with van der Waals surface area (Å²) < 4.78 is 18.4. The fraction of sp³-hybridized carbons (Fsp3) is 0.921. The van der Waals surface area contributed by atoms with E-state index in [0.717, 1.165) is 37.0 Å². The summed E-state index contributed by atoms with van der Waals surface area (Å²) in [6, 6.07) is 0. The van der Waals surface area contributed by atoms with E-state index in [1.165, 1.54) is 39.0 Å². The second-order valence-corrected chi connectivity index (χ2v) is 18.1. The molecule has 0 radical (unpaired) electrons. The minimum Gasteiger partial charge on any atom is -0.460 e. The van der Waals surface area contributed by atoms with Crippen LogP contribution in [-0.2, 0) is 19.0 Å². The van der Waals surface area contributed by atoms with Crippen LogP contribution in [0.4, 0.5) is 0 Å². The number of hydrogen-bond acceptors (Lipinski definition) is 8. The van der Waals surface area contributed by atoms with Crippen LogP contribution in [0.5, 0.6) is 0 Å². The Kier molecular flexibility index (Phi) is 8.72. The van der Waals surface area contributed by atoms with Gasteiger partial charge in [-0.25, -0.2) is 0 Å². The number of fused-ring (bicyclic) bond motifs is 6. The van der Waals surface area contributed by atoms with Crippen molar-refractivity contribution in [2.75, 3.05) is 6.61 Å². The molecule has 4 fully saturated rings. The van der Waals surface area contributed by atoms with E-state index in [9.17, 15) is 25.2 Å². The summed E-state index contributed by atoms with van der Waals surface area (Å²) in [5, 5.41) is 41.5. The lowest BCUT2D eigenvalue weighted by Crippen LogP contribution is -2.65. The van der Waals surface area contributed by atoms with Crippen molar-refractivity contribution in [3.63, 3.8) is 0 Å². The maximum atomic E-state index is 12.6. The van der Waals surface area contributed by atoms with E-state index in [1.54, 1.807) is 11.1 Å². The Morgan fingerprint density at radius 2 is 1.59 bits per heavy atom. The molecule has 6 aliphatic rings. The van der Waals surface area contributed by atoms with Crippen molar-refractivity contribution >= 4 is 5.97 Å². The zero-order chi connectivity index (χ0) is 33.8. The zero-order valence-corrected chi connectivity index (χ0v) is 29.8. The van der Waals surface area contributed by atoms with Gasteiger partial charge in [0.25, 0.3) is 0 Å². The topological polar surface area (TPSA) is 126 Å². The first-order valence-corrected chi connectivity index (χ1v) is 18.2. The Morgan fingerprint density at radius 3 is 2.22 bits per heavy atom. The number of rotatable bonds is 5. The molecule has 3 saturated carbocycles. The van der Waals surface area contributed by atoms with Crippen LogP contribution in [0.15, 0.2) is 11.1 Å². The number of carbonyl (C=O) groups is 1. The van der Waals surface area contributed by atoms with Gasteiger partial charge in [-0.2, -0.15) is 0 Å². The van der Waals surface area contributed by atoms with Crippen LogP contribution in [0.1, 0.15) is 120 Å². The Morgan fingerprint density at radius 1 is 0.891 bits per heavy atom. The molecular formula is C38H62O8. The average Bonchev–Trinajstić information content (AvgIpc) is 3.34. The fourth-order valence-electron chi connectivity index (χ4n) is 13.2. The first-order chi connectivity index (χ1) is 21.4. The molecule has 14 atom stereocenters. The molecule has 0 amide bonds. The normalized spacial score (nSPS) is 51.6. The van der Waals surface area contributed by atoms with E-state index < -0.39 is 54.9 Å². The molecular weight excluding hydrogens is 584 g/mol. The zero-order valence-electron chi connectivity index (χ0n) is 29.8. The number of hydrogen-bond donors (Lipinski definition) is 4. The van der Waals surface area contributed by atoms with Gasteiger partial charge in [-0.1, -0.05) is 66.5 Å². The number of esters is 1. The molecule has 0 spiro atoms. The average molecular weight is 647 g/mol. The molecule has 262 valence electrons. The third kappa shape index (κ3) is 4.77. The second-order valence-electron chi connectivity index (χ2n) is 18.1. The Bertz CT molecular complexity index is 1230. The first kappa shape index (κ1) is 34.8. The number of carbonyl (C=O) groups excluding carboxylic acids is 1. The van der Waals surface area contributed by atoms with Crippen molar-refractivity contribution < 1.29 is 39.4 Å². The molecule has 0 unspecified atom stereocenters. The summed E-state index contributed by atoms with van der Waals surface area (Å²) >= 11 is 0. The highest BCUT2D eigenvalue weighted by atomic mass is 16.7. The quantitative estimate of drug-likeness (QED) is 0.227. The molecule has 46 heavy (non-hydrogen) atoms. The van der Waals surface area contributed by atoms with Crippen molar-refractivity contribution in [3.05, 3.63) is 11.1 Å². The molecule has 1 aliphatic heterocycles. The van der Waals surface area contributed by atoms with Gasteiger partial charge >= 0.3 is 5.97 Å². The molecule has 8 heteroatoms. The SMILES string of the molecule is CC(=O)O[C@@H]1C[C@]2(C)C3=C(CC[C@H]2C(C)(C)[C@H]1O[C@@H]1O[C@H](CO)[C@@H](O)[C@H](O)[C@H]1O)[C@@]1(C)CC[C@]2(C)[C@@H](C(C)C)CC[C@H]2[C@]1(C)CC3. The largest absolute Gasteiger partial charge is 0.460 e. The Hall–Kier alpha value is -1.03. The first-order valence-electron chi connectivity index (χ1n) is 18.2. The molecule has 5 aliphatic carbocycles. The monoisotopic (exact) mass is 646 g/mol. The van der Waals surface area contributed by atoms with Gasteiger partial charge in [0, 0.05) is 6.92 Å². The van der Waals surface area contributed by atoms with Crippen molar-refractivity contribution in [1.82, 2.24) is 0 Å². The minimum atomic E-state index is -1.53. The lowest BCUT2D eigenvalue weighted by Gasteiger charge is -2.68. The standard InChI is InChI=1S/C38H62O8/c1-20(2)22-10-13-28-35(22,6)16-17-37(8)24-11-12-27-34(4,5)32(46-33-31(43)30(42)29(41)26(19-39)45-33)25(44-21(3)40)18-36(27,7)23(24)14-15-38(28,37)9/h20,22,25-33,39,41-43H,10-19H2,1-9H3/t22-,25-,26-,27+,28-,29-,30+,31-,32+,33+,35-,36-,37-,38+/m1/s1. The maximum absolute atomic E-state index is 12.6. The van der Waals surface area contributed by atoms with Gasteiger partial charge in [0.15, 0.2) is 6.29 Å². The van der Waals surface area contributed by atoms with E-state index in [-0.39, 0.29) is 28.1 Å².